The molecule has 2 rings (SSSR count). The summed E-state index contributed by atoms with van der Waals surface area (Å²) in [5.41, 5.74) is 2.36. The Labute approximate surface area is 117 Å². The Balaban J connectivity index is 1.96. The predicted octanol–water partition coefficient (Wildman–Crippen LogP) is 3.36. The normalized spacial score (nSPS) is 26.8. The van der Waals surface area contributed by atoms with Crippen LogP contribution in [0.25, 0.3) is 0 Å². The van der Waals surface area contributed by atoms with Crippen LogP contribution in [0.4, 0.5) is 5.69 Å². The topological polar surface area (TPSA) is 30.5 Å². The number of hydrogen-bond donors (Lipinski definition) is 1. The van der Waals surface area contributed by atoms with E-state index in [1.807, 2.05) is 6.92 Å². The van der Waals surface area contributed by atoms with Crippen molar-refractivity contribution in [1.82, 2.24) is 0 Å². The van der Waals surface area contributed by atoms with Gasteiger partial charge in [0.1, 0.15) is 6.10 Å². The number of benzene rings is 1. The maximum absolute atomic E-state index is 5.62. The van der Waals surface area contributed by atoms with E-state index >= 15 is 0 Å². The molecular formula is C14H20BrNO2. The van der Waals surface area contributed by atoms with E-state index in [0.29, 0.717) is 6.04 Å². The molecule has 0 aliphatic heterocycles. The van der Waals surface area contributed by atoms with Gasteiger partial charge < -0.3 is 14.8 Å². The van der Waals surface area contributed by atoms with Gasteiger partial charge in [-0.15, -0.1) is 0 Å². The van der Waals surface area contributed by atoms with E-state index in [0.717, 1.165) is 23.2 Å². The van der Waals surface area contributed by atoms with Crippen LogP contribution in [0, 0.1) is 6.92 Å². The van der Waals surface area contributed by atoms with Gasteiger partial charge in [-0.05, 0) is 38.0 Å². The fraction of sp³-hybridized carbons (Fsp3) is 0.571. The van der Waals surface area contributed by atoms with E-state index in [1.54, 1.807) is 7.11 Å². The van der Waals surface area contributed by atoms with Crippen LogP contribution in [0.1, 0.15) is 18.9 Å². The first-order valence-corrected chi connectivity index (χ1v) is 7.12. The Morgan fingerprint density at radius 1 is 1.44 bits per heavy atom. The lowest BCUT2D eigenvalue weighted by Gasteiger charge is -2.43. The van der Waals surface area contributed by atoms with Crippen LogP contribution in [0.2, 0.25) is 0 Å². The standard InChI is InChI=1S/C14H20BrNO2/c1-4-18-13-8-12(14(13)17-3)16-10-6-5-9(2)11(15)7-10/h5-7,12-14,16H,4,8H2,1-3H3. The third-order valence-electron chi connectivity index (χ3n) is 3.43. The van der Waals surface area contributed by atoms with E-state index in [2.05, 4.69) is 46.4 Å². The molecule has 3 nitrogen and oxygen atoms in total. The minimum absolute atomic E-state index is 0.144. The van der Waals surface area contributed by atoms with Gasteiger partial charge >= 0.3 is 0 Å². The second-order valence-electron chi connectivity index (χ2n) is 4.64. The first-order valence-electron chi connectivity index (χ1n) is 6.32. The number of anilines is 1. The minimum Gasteiger partial charge on any atom is -0.379 e. The summed E-state index contributed by atoms with van der Waals surface area (Å²) >= 11 is 3.55. The minimum atomic E-state index is 0.144. The van der Waals surface area contributed by atoms with Gasteiger partial charge in [0.25, 0.3) is 0 Å². The number of hydrogen-bond acceptors (Lipinski definition) is 3. The van der Waals surface area contributed by atoms with Gasteiger partial charge in [-0.1, -0.05) is 22.0 Å². The van der Waals surface area contributed by atoms with Crippen molar-refractivity contribution in [3.05, 3.63) is 28.2 Å². The highest BCUT2D eigenvalue weighted by atomic mass is 79.9. The van der Waals surface area contributed by atoms with Crippen molar-refractivity contribution >= 4 is 21.6 Å². The molecule has 1 aliphatic carbocycles. The Hall–Kier alpha value is -0.580. The van der Waals surface area contributed by atoms with Crippen molar-refractivity contribution in [3.8, 4) is 0 Å². The van der Waals surface area contributed by atoms with Crippen molar-refractivity contribution in [3.63, 3.8) is 0 Å². The average molecular weight is 314 g/mol. The molecule has 0 radical (unpaired) electrons. The second-order valence-corrected chi connectivity index (χ2v) is 5.50. The molecule has 0 spiro atoms. The van der Waals surface area contributed by atoms with Crippen molar-refractivity contribution in [2.45, 2.75) is 38.5 Å². The summed E-state index contributed by atoms with van der Waals surface area (Å²) in [5, 5.41) is 3.50. The summed E-state index contributed by atoms with van der Waals surface area (Å²) in [6.45, 7) is 4.85. The van der Waals surface area contributed by atoms with Gasteiger partial charge in [0.2, 0.25) is 0 Å². The van der Waals surface area contributed by atoms with Gasteiger partial charge in [0.15, 0.2) is 0 Å². The molecule has 0 amide bonds. The van der Waals surface area contributed by atoms with Crippen LogP contribution in [0.15, 0.2) is 22.7 Å². The zero-order valence-electron chi connectivity index (χ0n) is 11.1. The highest BCUT2D eigenvalue weighted by Crippen LogP contribution is 2.31. The summed E-state index contributed by atoms with van der Waals surface area (Å²) in [4.78, 5) is 0. The maximum atomic E-state index is 5.62. The predicted molar refractivity (Wildman–Crippen MR) is 77.1 cm³/mol. The van der Waals surface area contributed by atoms with E-state index in [4.69, 9.17) is 9.47 Å². The monoisotopic (exact) mass is 313 g/mol. The molecule has 3 unspecified atom stereocenters. The zero-order valence-corrected chi connectivity index (χ0v) is 12.7. The number of nitrogens with one attached hydrogen (secondary N) is 1. The summed E-state index contributed by atoms with van der Waals surface area (Å²) in [7, 11) is 1.75. The average Bonchev–Trinajstić information content (AvgIpc) is 2.32. The molecule has 1 aromatic rings. The largest absolute Gasteiger partial charge is 0.379 e. The molecule has 1 N–H and O–H groups in total. The van der Waals surface area contributed by atoms with E-state index in [1.165, 1.54) is 5.56 Å². The Morgan fingerprint density at radius 2 is 2.22 bits per heavy atom. The number of aryl methyl sites for hydroxylation is 1. The third-order valence-corrected chi connectivity index (χ3v) is 4.28. The molecule has 18 heavy (non-hydrogen) atoms. The molecule has 1 aliphatic rings. The van der Waals surface area contributed by atoms with Crippen molar-refractivity contribution in [2.24, 2.45) is 0 Å². The fourth-order valence-electron chi connectivity index (χ4n) is 2.31. The molecular weight excluding hydrogens is 294 g/mol. The van der Waals surface area contributed by atoms with Crippen LogP contribution >= 0.6 is 15.9 Å². The van der Waals surface area contributed by atoms with Gasteiger partial charge in [0.05, 0.1) is 12.1 Å². The number of halogens is 1. The number of ether oxygens (including phenoxy) is 2. The Bertz CT molecular complexity index is 411. The van der Waals surface area contributed by atoms with E-state index in [-0.39, 0.29) is 12.2 Å². The summed E-state index contributed by atoms with van der Waals surface area (Å²) in [6, 6.07) is 6.64. The van der Waals surface area contributed by atoms with Gasteiger partial charge in [-0.25, -0.2) is 0 Å². The fourth-order valence-corrected chi connectivity index (χ4v) is 2.69. The summed E-state index contributed by atoms with van der Waals surface area (Å²) in [5.74, 6) is 0. The molecule has 100 valence electrons. The third kappa shape index (κ3) is 2.87. The van der Waals surface area contributed by atoms with Gasteiger partial charge in [-0.2, -0.15) is 0 Å². The molecule has 0 saturated heterocycles. The molecule has 1 aromatic carbocycles. The molecule has 4 heteroatoms. The molecule has 0 bridgehead atoms. The lowest BCUT2D eigenvalue weighted by atomic mass is 9.85. The molecule has 0 aromatic heterocycles. The number of rotatable bonds is 5. The van der Waals surface area contributed by atoms with Crippen molar-refractivity contribution in [1.29, 1.82) is 0 Å². The van der Waals surface area contributed by atoms with Crippen LogP contribution in [-0.4, -0.2) is 32.0 Å². The maximum Gasteiger partial charge on any atom is 0.103 e. The Morgan fingerprint density at radius 3 is 2.83 bits per heavy atom. The smallest absolute Gasteiger partial charge is 0.103 e. The molecule has 1 fully saturated rings. The van der Waals surface area contributed by atoms with Crippen LogP contribution in [0.5, 0.6) is 0 Å². The highest BCUT2D eigenvalue weighted by Gasteiger charge is 2.42. The zero-order chi connectivity index (χ0) is 13.1. The lowest BCUT2D eigenvalue weighted by Crippen LogP contribution is -2.56. The summed E-state index contributed by atoms with van der Waals surface area (Å²) < 4.78 is 12.2. The summed E-state index contributed by atoms with van der Waals surface area (Å²) in [6.07, 6.45) is 1.37. The first-order chi connectivity index (χ1) is 8.65. The second kappa shape index (κ2) is 6.04. The molecule has 1 saturated carbocycles. The highest BCUT2D eigenvalue weighted by molar-refractivity contribution is 9.10. The van der Waals surface area contributed by atoms with Gasteiger partial charge in [0, 0.05) is 23.9 Å². The van der Waals surface area contributed by atoms with Crippen molar-refractivity contribution in [2.75, 3.05) is 19.0 Å². The van der Waals surface area contributed by atoms with E-state index in [9.17, 15) is 0 Å². The Kier molecular flexibility index (Phi) is 4.65. The van der Waals surface area contributed by atoms with Crippen molar-refractivity contribution < 1.29 is 9.47 Å². The quantitative estimate of drug-likeness (QED) is 0.904. The van der Waals surface area contributed by atoms with Gasteiger partial charge in [-0.3, -0.25) is 0 Å². The van der Waals surface area contributed by atoms with Crippen LogP contribution < -0.4 is 5.32 Å². The van der Waals surface area contributed by atoms with Crippen LogP contribution in [-0.2, 0) is 9.47 Å². The van der Waals surface area contributed by atoms with Crippen LogP contribution in [0.3, 0.4) is 0 Å². The molecule has 0 heterocycles. The van der Waals surface area contributed by atoms with E-state index < -0.39 is 0 Å². The first kappa shape index (κ1) is 13.8. The molecule has 3 atom stereocenters. The lowest BCUT2D eigenvalue weighted by molar-refractivity contribution is -0.118. The SMILES string of the molecule is CCOC1CC(Nc2ccc(C)c(Br)c2)C1OC. The number of methoxy groups -OCH3 is 1.